The molecule has 0 aromatic rings. The van der Waals surface area contributed by atoms with Gasteiger partial charge in [-0.1, -0.05) is 26.7 Å². The van der Waals surface area contributed by atoms with Crippen molar-refractivity contribution in [3.8, 4) is 0 Å². The fourth-order valence-electron chi connectivity index (χ4n) is 3.14. The van der Waals surface area contributed by atoms with Gasteiger partial charge in [0.2, 0.25) is 5.91 Å². The van der Waals surface area contributed by atoms with Gasteiger partial charge < -0.3 is 15.4 Å². The van der Waals surface area contributed by atoms with Crippen LogP contribution >= 0.6 is 0 Å². The first-order valence-electron chi connectivity index (χ1n) is 7.10. The Kier molecular flexibility index (Phi) is 4.28. The molecular formula is C14H26N2O2. The van der Waals surface area contributed by atoms with Crippen LogP contribution in [0.3, 0.4) is 0 Å². The molecule has 0 spiro atoms. The molecular weight excluding hydrogens is 228 g/mol. The molecule has 0 radical (unpaired) electrons. The van der Waals surface area contributed by atoms with Gasteiger partial charge >= 0.3 is 0 Å². The maximum atomic E-state index is 12.3. The summed E-state index contributed by atoms with van der Waals surface area (Å²) in [5, 5.41) is 6.42. The smallest absolute Gasteiger partial charge is 0.227 e. The number of carbonyl (C=O) groups excluding carboxylic acids is 1. The van der Waals surface area contributed by atoms with Crippen LogP contribution in [0.25, 0.3) is 0 Å². The van der Waals surface area contributed by atoms with Crippen molar-refractivity contribution < 1.29 is 9.53 Å². The van der Waals surface area contributed by atoms with Crippen LogP contribution in [0.4, 0.5) is 0 Å². The van der Waals surface area contributed by atoms with Crippen molar-refractivity contribution in [3.05, 3.63) is 0 Å². The number of hydrogen-bond donors (Lipinski definition) is 2. The van der Waals surface area contributed by atoms with Crippen molar-refractivity contribution in [1.29, 1.82) is 0 Å². The molecule has 1 heterocycles. The SMILES string of the molecule is CNC1COCC1C(=O)NC1CCCCC1(C)C. The number of nitrogens with one attached hydrogen (secondary N) is 2. The highest BCUT2D eigenvalue weighted by Gasteiger charge is 2.38. The predicted molar refractivity (Wildman–Crippen MR) is 71.3 cm³/mol. The zero-order valence-corrected chi connectivity index (χ0v) is 11.8. The van der Waals surface area contributed by atoms with Gasteiger partial charge in [0.25, 0.3) is 0 Å². The number of hydrogen-bond acceptors (Lipinski definition) is 3. The number of amides is 1. The van der Waals surface area contributed by atoms with Crippen LogP contribution in [-0.2, 0) is 9.53 Å². The van der Waals surface area contributed by atoms with E-state index in [4.69, 9.17) is 4.74 Å². The van der Waals surface area contributed by atoms with Crippen molar-refractivity contribution in [2.75, 3.05) is 20.3 Å². The first-order chi connectivity index (χ1) is 8.54. The highest BCUT2D eigenvalue weighted by atomic mass is 16.5. The minimum absolute atomic E-state index is 0.0345. The van der Waals surface area contributed by atoms with Crippen LogP contribution in [0.15, 0.2) is 0 Å². The average molecular weight is 254 g/mol. The highest BCUT2D eigenvalue weighted by molar-refractivity contribution is 5.80. The largest absolute Gasteiger partial charge is 0.379 e. The molecule has 3 atom stereocenters. The van der Waals surface area contributed by atoms with Crippen LogP contribution in [0.2, 0.25) is 0 Å². The molecule has 0 aromatic carbocycles. The Morgan fingerprint density at radius 1 is 1.28 bits per heavy atom. The lowest BCUT2D eigenvalue weighted by Gasteiger charge is -2.39. The molecule has 1 saturated heterocycles. The van der Waals surface area contributed by atoms with E-state index >= 15 is 0 Å². The van der Waals surface area contributed by atoms with E-state index < -0.39 is 0 Å². The summed E-state index contributed by atoms with van der Waals surface area (Å²) in [5.74, 6) is 0.125. The van der Waals surface area contributed by atoms with E-state index in [-0.39, 0.29) is 23.3 Å². The third-order valence-electron chi connectivity index (χ3n) is 4.61. The molecule has 18 heavy (non-hydrogen) atoms. The summed E-state index contributed by atoms with van der Waals surface area (Å²) < 4.78 is 5.40. The predicted octanol–water partition coefficient (Wildman–Crippen LogP) is 1.31. The van der Waals surface area contributed by atoms with Crippen LogP contribution in [-0.4, -0.2) is 38.3 Å². The van der Waals surface area contributed by atoms with Crippen molar-refractivity contribution in [2.24, 2.45) is 11.3 Å². The fraction of sp³-hybridized carbons (Fsp3) is 0.929. The number of carbonyl (C=O) groups is 1. The van der Waals surface area contributed by atoms with Crippen molar-refractivity contribution >= 4 is 5.91 Å². The standard InChI is InChI=1S/C14H26N2O2/c1-14(2)7-5-4-6-12(14)16-13(17)10-8-18-9-11(10)15-3/h10-12,15H,4-9H2,1-3H3,(H,16,17). The number of rotatable bonds is 3. The molecule has 2 rings (SSSR count). The third-order valence-corrected chi connectivity index (χ3v) is 4.61. The minimum atomic E-state index is -0.0345. The molecule has 0 aromatic heterocycles. The average Bonchev–Trinajstić information content (AvgIpc) is 2.79. The number of ether oxygens (including phenoxy) is 1. The van der Waals surface area contributed by atoms with E-state index in [1.54, 1.807) is 0 Å². The molecule has 2 fully saturated rings. The first kappa shape index (κ1) is 13.8. The lowest BCUT2D eigenvalue weighted by Crippen LogP contribution is -2.51. The zero-order chi connectivity index (χ0) is 13.2. The summed E-state index contributed by atoms with van der Waals surface area (Å²) in [4.78, 5) is 12.3. The monoisotopic (exact) mass is 254 g/mol. The Morgan fingerprint density at radius 2 is 2.06 bits per heavy atom. The van der Waals surface area contributed by atoms with Gasteiger partial charge in [-0.05, 0) is 25.3 Å². The van der Waals surface area contributed by atoms with Gasteiger partial charge in [-0.15, -0.1) is 0 Å². The zero-order valence-electron chi connectivity index (χ0n) is 11.8. The fourth-order valence-corrected chi connectivity index (χ4v) is 3.14. The van der Waals surface area contributed by atoms with Gasteiger partial charge in [0.15, 0.2) is 0 Å². The van der Waals surface area contributed by atoms with Gasteiger partial charge in [-0.25, -0.2) is 0 Å². The molecule has 4 heteroatoms. The van der Waals surface area contributed by atoms with Crippen molar-refractivity contribution in [1.82, 2.24) is 10.6 Å². The minimum Gasteiger partial charge on any atom is -0.379 e. The molecule has 2 aliphatic rings. The Balaban J connectivity index is 1.94. The van der Waals surface area contributed by atoms with Gasteiger partial charge in [0, 0.05) is 12.1 Å². The Bertz CT molecular complexity index is 304. The van der Waals surface area contributed by atoms with E-state index in [9.17, 15) is 4.79 Å². The quantitative estimate of drug-likeness (QED) is 0.798. The number of likely N-dealkylation sites (N-methyl/N-ethyl adjacent to an activating group) is 1. The van der Waals surface area contributed by atoms with Crippen molar-refractivity contribution in [3.63, 3.8) is 0 Å². The third kappa shape index (κ3) is 2.86. The Morgan fingerprint density at radius 3 is 2.72 bits per heavy atom. The van der Waals surface area contributed by atoms with Crippen molar-refractivity contribution in [2.45, 2.75) is 51.6 Å². The summed E-state index contributed by atoms with van der Waals surface area (Å²) in [7, 11) is 1.89. The highest BCUT2D eigenvalue weighted by Crippen LogP contribution is 2.35. The second kappa shape index (κ2) is 5.57. The summed E-state index contributed by atoms with van der Waals surface area (Å²) in [6, 6.07) is 0.480. The molecule has 1 saturated carbocycles. The van der Waals surface area contributed by atoms with E-state index in [1.165, 1.54) is 19.3 Å². The Labute approximate surface area is 110 Å². The molecule has 4 nitrogen and oxygen atoms in total. The summed E-state index contributed by atoms with van der Waals surface area (Å²) in [6.07, 6.45) is 4.82. The summed E-state index contributed by atoms with van der Waals surface area (Å²) in [6.45, 7) is 5.71. The van der Waals surface area contributed by atoms with Crippen LogP contribution in [0, 0.1) is 11.3 Å². The van der Waals surface area contributed by atoms with Crippen LogP contribution in [0.5, 0.6) is 0 Å². The second-order valence-corrected chi connectivity index (χ2v) is 6.33. The molecule has 3 unspecified atom stereocenters. The van der Waals surface area contributed by atoms with Gasteiger partial charge in [-0.2, -0.15) is 0 Å². The van der Waals surface area contributed by atoms with Gasteiger partial charge in [0.05, 0.1) is 19.1 Å². The lowest BCUT2D eigenvalue weighted by atomic mass is 9.73. The summed E-state index contributed by atoms with van der Waals surface area (Å²) in [5.41, 5.74) is 0.225. The van der Waals surface area contributed by atoms with E-state index in [1.807, 2.05) is 7.05 Å². The van der Waals surface area contributed by atoms with Gasteiger partial charge in [-0.3, -0.25) is 4.79 Å². The first-order valence-corrected chi connectivity index (χ1v) is 7.10. The topological polar surface area (TPSA) is 50.4 Å². The van der Waals surface area contributed by atoms with Crippen LogP contribution < -0.4 is 10.6 Å². The maximum absolute atomic E-state index is 12.3. The molecule has 0 bridgehead atoms. The van der Waals surface area contributed by atoms with Gasteiger partial charge in [0.1, 0.15) is 0 Å². The molecule has 2 N–H and O–H groups in total. The molecule has 1 aliphatic carbocycles. The maximum Gasteiger partial charge on any atom is 0.227 e. The second-order valence-electron chi connectivity index (χ2n) is 6.33. The van der Waals surface area contributed by atoms with E-state index in [0.717, 1.165) is 6.42 Å². The molecule has 1 aliphatic heterocycles. The normalized spacial score (nSPS) is 35.4. The van der Waals surface area contributed by atoms with E-state index in [0.29, 0.717) is 19.3 Å². The lowest BCUT2D eigenvalue weighted by molar-refractivity contribution is -0.127. The van der Waals surface area contributed by atoms with E-state index in [2.05, 4.69) is 24.5 Å². The summed E-state index contributed by atoms with van der Waals surface area (Å²) >= 11 is 0. The molecule has 104 valence electrons. The molecule has 1 amide bonds. The van der Waals surface area contributed by atoms with Crippen LogP contribution in [0.1, 0.15) is 39.5 Å². The Hall–Kier alpha value is -0.610.